The van der Waals surface area contributed by atoms with Crippen LogP contribution in [0, 0.1) is 0 Å². The van der Waals surface area contributed by atoms with Crippen molar-refractivity contribution in [3.8, 4) is 0 Å². The molecule has 2 aromatic carbocycles. The molecule has 0 N–H and O–H groups in total. The number of benzene rings is 2. The highest BCUT2D eigenvalue weighted by Crippen LogP contribution is 2.21. The molecule has 3 rings (SSSR count). The van der Waals surface area contributed by atoms with Crippen molar-refractivity contribution in [2.45, 2.75) is 6.42 Å². The molecule has 1 fully saturated rings. The van der Waals surface area contributed by atoms with Gasteiger partial charge in [-0.1, -0.05) is 35.9 Å². The SMILES string of the molecule is O=C(c1ccccc1Cl)N1CCCN(C(=O)c2ccccc2Br)CC1. The Kier molecular flexibility index (Phi) is 5.76. The highest BCUT2D eigenvalue weighted by molar-refractivity contribution is 9.10. The van der Waals surface area contributed by atoms with Gasteiger partial charge in [-0.2, -0.15) is 0 Å². The summed E-state index contributed by atoms with van der Waals surface area (Å²) in [6.07, 6.45) is 0.742. The van der Waals surface area contributed by atoms with E-state index in [1.165, 1.54) is 0 Å². The van der Waals surface area contributed by atoms with Crippen molar-refractivity contribution in [2.75, 3.05) is 26.2 Å². The Bertz CT molecular complexity index is 731. The topological polar surface area (TPSA) is 40.6 Å². The Balaban J connectivity index is 1.70. The fourth-order valence-electron chi connectivity index (χ4n) is 2.93. The number of halogens is 2. The quantitative estimate of drug-likeness (QED) is 0.733. The van der Waals surface area contributed by atoms with Crippen LogP contribution in [0.3, 0.4) is 0 Å². The molecule has 2 amide bonds. The smallest absolute Gasteiger partial charge is 0.255 e. The predicted octanol–water partition coefficient (Wildman–Crippen LogP) is 4.09. The minimum atomic E-state index is -0.0826. The summed E-state index contributed by atoms with van der Waals surface area (Å²) in [4.78, 5) is 29.0. The van der Waals surface area contributed by atoms with Crippen LogP contribution in [0.5, 0.6) is 0 Å². The Morgan fingerprint density at radius 3 is 1.92 bits per heavy atom. The van der Waals surface area contributed by atoms with Crippen molar-refractivity contribution in [3.05, 3.63) is 69.2 Å². The second-order valence-electron chi connectivity index (χ2n) is 5.90. The van der Waals surface area contributed by atoms with Gasteiger partial charge in [-0.15, -0.1) is 0 Å². The standard InChI is InChI=1S/C19H18BrClN2O2/c20-16-8-3-1-6-14(16)18(24)22-10-5-11-23(13-12-22)19(25)15-7-2-4-9-17(15)21/h1-4,6-9H,5,10-13H2. The third kappa shape index (κ3) is 4.05. The lowest BCUT2D eigenvalue weighted by Crippen LogP contribution is -2.37. The second-order valence-corrected chi connectivity index (χ2v) is 7.16. The molecule has 25 heavy (non-hydrogen) atoms. The lowest BCUT2D eigenvalue weighted by molar-refractivity contribution is 0.0718. The van der Waals surface area contributed by atoms with Gasteiger partial charge >= 0.3 is 0 Å². The summed E-state index contributed by atoms with van der Waals surface area (Å²) in [5.74, 6) is -0.0969. The zero-order valence-corrected chi connectivity index (χ0v) is 16.0. The Labute approximate surface area is 160 Å². The molecule has 4 nitrogen and oxygen atoms in total. The van der Waals surface area contributed by atoms with Crippen molar-refractivity contribution < 1.29 is 9.59 Å². The number of rotatable bonds is 2. The first-order chi connectivity index (χ1) is 12.1. The maximum Gasteiger partial charge on any atom is 0.255 e. The summed E-state index contributed by atoms with van der Waals surface area (Å²) < 4.78 is 0.785. The molecule has 0 saturated carbocycles. The van der Waals surface area contributed by atoms with E-state index in [4.69, 9.17) is 11.6 Å². The highest BCUT2D eigenvalue weighted by Gasteiger charge is 2.25. The predicted molar refractivity (Wildman–Crippen MR) is 102 cm³/mol. The Hall–Kier alpha value is -1.85. The Morgan fingerprint density at radius 2 is 1.32 bits per heavy atom. The average molecular weight is 422 g/mol. The zero-order chi connectivity index (χ0) is 17.8. The van der Waals surface area contributed by atoms with E-state index in [2.05, 4.69) is 15.9 Å². The largest absolute Gasteiger partial charge is 0.337 e. The van der Waals surface area contributed by atoms with Crippen molar-refractivity contribution in [1.82, 2.24) is 9.80 Å². The molecule has 2 aromatic rings. The van der Waals surface area contributed by atoms with Gasteiger partial charge in [0.05, 0.1) is 16.1 Å². The number of nitrogens with zero attached hydrogens (tertiary/aromatic N) is 2. The molecule has 6 heteroatoms. The molecule has 1 aliphatic heterocycles. The van der Waals surface area contributed by atoms with Gasteiger partial charge in [-0.05, 0) is 46.6 Å². The summed E-state index contributed by atoms with van der Waals surface area (Å²) in [5, 5.41) is 0.456. The van der Waals surface area contributed by atoms with Crippen LogP contribution < -0.4 is 0 Å². The van der Waals surface area contributed by atoms with Crippen molar-refractivity contribution >= 4 is 39.3 Å². The molecule has 1 saturated heterocycles. The summed E-state index contributed by atoms with van der Waals surface area (Å²) in [5.41, 5.74) is 1.16. The molecule has 0 aliphatic carbocycles. The van der Waals surface area contributed by atoms with Crippen LogP contribution in [0.1, 0.15) is 27.1 Å². The molecule has 0 aromatic heterocycles. The molecule has 1 aliphatic rings. The fraction of sp³-hybridized carbons (Fsp3) is 0.263. The third-order valence-corrected chi connectivity index (χ3v) is 5.30. The molecule has 0 spiro atoms. The lowest BCUT2D eigenvalue weighted by Gasteiger charge is -2.23. The van der Waals surface area contributed by atoms with Gasteiger partial charge in [0.2, 0.25) is 0 Å². The number of hydrogen-bond donors (Lipinski definition) is 0. The summed E-state index contributed by atoms with van der Waals surface area (Å²) in [6, 6.07) is 14.5. The molecular weight excluding hydrogens is 404 g/mol. The van der Waals surface area contributed by atoms with Crippen LogP contribution >= 0.6 is 27.5 Å². The van der Waals surface area contributed by atoms with Crippen LogP contribution in [-0.4, -0.2) is 47.8 Å². The van der Waals surface area contributed by atoms with E-state index in [9.17, 15) is 9.59 Å². The molecule has 0 unspecified atom stereocenters. The molecule has 0 atom stereocenters. The first-order valence-electron chi connectivity index (χ1n) is 8.15. The van der Waals surface area contributed by atoms with Crippen LogP contribution in [0.2, 0.25) is 5.02 Å². The maximum atomic E-state index is 12.7. The number of carbonyl (C=O) groups is 2. The van der Waals surface area contributed by atoms with Gasteiger partial charge in [0.25, 0.3) is 11.8 Å². The van der Waals surface area contributed by atoms with Crippen LogP contribution in [-0.2, 0) is 0 Å². The van der Waals surface area contributed by atoms with Crippen LogP contribution in [0.25, 0.3) is 0 Å². The lowest BCUT2D eigenvalue weighted by atomic mass is 10.2. The molecule has 130 valence electrons. The molecule has 0 radical (unpaired) electrons. The number of carbonyl (C=O) groups excluding carboxylic acids is 2. The van der Waals surface area contributed by atoms with E-state index >= 15 is 0 Å². The fourth-order valence-corrected chi connectivity index (χ4v) is 3.60. The summed E-state index contributed by atoms with van der Waals surface area (Å²) in [6.45, 7) is 2.26. The van der Waals surface area contributed by atoms with Crippen molar-refractivity contribution in [2.24, 2.45) is 0 Å². The minimum Gasteiger partial charge on any atom is -0.337 e. The van der Waals surface area contributed by atoms with Gasteiger partial charge in [-0.3, -0.25) is 9.59 Å². The minimum absolute atomic E-state index is 0.0143. The van der Waals surface area contributed by atoms with Crippen molar-refractivity contribution in [3.63, 3.8) is 0 Å². The van der Waals surface area contributed by atoms with Gasteiger partial charge in [0, 0.05) is 30.7 Å². The maximum absolute atomic E-state index is 12.7. The summed E-state index contributed by atoms with van der Waals surface area (Å²) >= 11 is 9.57. The van der Waals surface area contributed by atoms with E-state index < -0.39 is 0 Å². The van der Waals surface area contributed by atoms with Gasteiger partial charge in [-0.25, -0.2) is 0 Å². The molecule has 0 bridgehead atoms. The van der Waals surface area contributed by atoms with E-state index in [-0.39, 0.29) is 11.8 Å². The van der Waals surface area contributed by atoms with Crippen LogP contribution in [0.4, 0.5) is 0 Å². The van der Waals surface area contributed by atoms with Gasteiger partial charge in [0.1, 0.15) is 0 Å². The number of hydrogen-bond acceptors (Lipinski definition) is 2. The molecular formula is C19H18BrClN2O2. The third-order valence-electron chi connectivity index (χ3n) is 4.28. The number of amides is 2. The van der Waals surface area contributed by atoms with E-state index in [1.807, 2.05) is 24.3 Å². The second kappa shape index (κ2) is 8.02. The highest BCUT2D eigenvalue weighted by atomic mass is 79.9. The van der Waals surface area contributed by atoms with Gasteiger partial charge < -0.3 is 9.80 Å². The summed E-state index contributed by atoms with van der Waals surface area (Å²) in [7, 11) is 0. The van der Waals surface area contributed by atoms with Gasteiger partial charge in [0.15, 0.2) is 0 Å². The first kappa shape index (κ1) is 18.0. The monoisotopic (exact) mass is 420 g/mol. The van der Waals surface area contributed by atoms with E-state index in [0.29, 0.717) is 42.3 Å². The van der Waals surface area contributed by atoms with Crippen LogP contribution in [0.15, 0.2) is 53.0 Å². The zero-order valence-electron chi connectivity index (χ0n) is 13.6. The van der Waals surface area contributed by atoms with E-state index in [0.717, 1.165) is 10.9 Å². The normalized spacial score (nSPS) is 15.0. The Morgan fingerprint density at radius 1 is 0.800 bits per heavy atom. The average Bonchev–Trinajstić information content (AvgIpc) is 2.87. The first-order valence-corrected chi connectivity index (χ1v) is 9.32. The van der Waals surface area contributed by atoms with E-state index in [1.54, 1.807) is 34.1 Å². The van der Waals surface area contributed by atoms with Crippen molar-refractivity contribution in [1.29, 1.82) is 0 Å². The molecule has 1 heterocycles.